The summed E-state index contributed by atoms with van der Waals surface area (Å²) < 4.78 is 26.0. The first-order valence-electron chi connectivity index (χ1n) is 11.7. The van der Waals surface area contributed by atoms with Crippen LogP contribution in [0.25, 0.3) is 0 Å². The van der Waals surface area contributed by atoms with Gasteiger partial charge < -0.3 is 10.2 Å². The number of sulfonamides is 1. The molecule has 0 saturated carbocycles. The van der Waals surface area contributed by atoms with E-state index < -0.39 is 16.1 Å². The lowest BCUT2D eigenvalue weighted by atomic mass is 10.1. The fraction of sp³-hybridized carbons (Fsp3) is 0.462. The fourth-order valence-corrected chi connectivity index (χ4v) is 4.66. The molecule has 0 saturated heterocycles. The van der Waals surface area contributed by atoms with E-state index in [0.29, 0.717) is 25.1 Å². The number of rotatable bonds is 12. The molecule has 0 aliphatic rings. The number of carbonyl (C=O) groups excluding carboxylic acids is 2. The Hall–Kier alpha value is -2.87. The van der Waals surface area contributed by atoms with Crippen molar-refractivity contribution in [1.82, 2.24) is 10.2 Å². The largest absolute Gasteiger partial charge is 0.352 e. The zero-order valence-corrected chi connectivity index (χ0v) is 21.6. The molecule has 0 aromatic heterocycles. The zero-order valence-electron chi connectivity index (χ0n) is 20.8. The van der Waals surface area contributed by atoms with Crippen LogP contribution in [-0.2, 0) is 26.0 Å². The van der Waals surface area contributed by atoms with Gasteiger partial charge in [0.15, 0.2) is 0 Å². The third-order valence-electron chi connectivity index (χ3n) is 5.56. The molecular formula is C26H37N3O4S. The Morgan fingerprint density at radius 2 is 1.56 bits per heavy atom. The standard InChI is InChI=1S/C26H37N3O4S/c1-20(2)27-26(31)22(4)28(19-17-23-10-7-6-8-11-23)25(30)12-9-18-29(34(5,32)33)24-15-13-21(3)14-16-24/h6-8,10-11,13-16,20,22H,9,12,17-19H2,1-5H3,(H,27,31). The number of amides is 2. The van der Waals surface area contributed by atoms with Gasteiger partial charge in [-0.3, -0.25) is 13.9 Å². The molecule has 186 valence electrons. The van der Waals surface area contributed by atoms with Crippen LogP contribution < -0.4 is 9.62 Å². The molecule has 2 aromatic carbocycles. The van der Waals surface area contributed by atoms with E-state index in [4.69, 9.17) is 0 Å². The minimum Gasteiger partial charge on any atom is -0.352 e. The number of hydrogen-bond donors (Lipinski definition) is 1. The molecule has 2 aromatic rings. The highest BCUT2D eigenvalue weighted by Gasteiger charge is 2.26. The minimum atomic E-state index is -3.49. The van der Waals surface area contributed by atoms with Crippen molar-refractivity contribution < 1.29 is 18.0 Å². The van der Waals surface area contributed by atoms with Crippen LogP contribution in [0.4, 0.5) is 5.69 Å². The molecular weight excluding hydrogens is 450 g/mol. The summed E-state index contributed by atoms with van der Waals surface area (Å²) in [6.07, 6.45) is 2.29. The highest BCUT2D eigenvalue weighted by molar-refractivity contribution is 7.92. The smallest absolute Gasteiger partial charge is 0.242 e. The number of anilines is 1. The Bertz CT molecular complexity index is 1040. The summed E-state index contributed by atoms with van der Waals surface area (Å²) in [6.45, 7) is 8.02. The van der Waals surface area contributed by atoms with Crippen LogP contribution in [-0.4, -0.2) is 56.6 Å². The predicted molar refractivity (Wildman–Crippen MR) is 137 cm³/mol. The number of benzene rings is 2. The molecule has 0 bridgehead atoms. The Morgan fingerprint density at radius 3 is 2.12 bits per heavy atom. The van der Waals surface area contributed by atoms with Crippen LogP contribution in [0.5, 0.6) is 0 Å². The second-order valence-corrected chi connectivity index (χ2v) is 10.8. The summed E-state index contributed by atoms with van der Waals surface area (Å²) in [5.74, 6) is -0.367. The first kappa shape index (κ1) is 27.4. The summed E-state index contributed by atoms with van der Waals surface area (Å²) in [7, 11) is -3.49. The quantitative estimate of drug-likeness (QED) is 0.496. The van der Waals surface area contributed by atoms with Crippen molar-refractivity contribution in [2.24, 2.45) is 0 Å². The molecule has 0 radical (unpaired) electrons. The van der Waals surface area contributed by atoms with Gasteiger partial charge in [0, 0.05) is 25.6 Å². The van der Waals surface area contributed by atoms with Crippen molar-refractivity contribution in [2.45, 2.75) is 59.0 Å². The average molecular weight is 488 g/mol. The maximum absolute atomic E-state index is 13.2. The van der Waals surface area contributed by atoms with E-state index in [9.17, 15) is 18.0 Å². The van der Waals surface area contributed by atoms with Crippen molar-refractivity contribution in [3.05, 3.63) is 65.7 Å². The number of aryl methyl sites for hydroxylation is 1. The molecule has 0 fully saturated rings. The highest BCUT2D eigenvalue weighted by atomic mass is 32.2. The highest BCUT2D eigenvalue weighted by Crippen LogP contribution is 2.19. The molecule has 2 rings (SSSR count). The molecule has 8 heteroatoms. The predicted octanol–water partition coefficient (Wildman–Crippen LogP) is 3.53. The molecule has 1 unspecified atom stereocenters. The minimum absolute atomic E-state index is 0.0288. The second kappa shape index (κ2) is 12.6. The van der Waals surface area contributed by atoms with Gasteiger partial charge in [0.25, 0.3) is 0 Å². The molecule has 1 atom stereocenters. The first-order chi connectivity index (χ1) is 16.0. The number of nitrogens with zero attached hydrogens (tertiary/aromatic N) is 2. The van der Waals surface area contributed by atoms with Crippen LogP contribution in [0.3, 0.4) is 0 Å². The molecule has 34 heavy (non-hydrogen) atoms. The lowest BCUT2D eigenvalue weighted by Crippen LogP contribution is -2.50. The van der Waals surface area contributed by atoms with Gasteiger partial charge in [0.05, 0.1) is 11.9 Å². The summed E-state index contributed by atoms with van der Waals surface area (Å²) in [5.41, 5.74) is 2.70. The summed E-state index contributed by atoms with van der Waals surface area (Å²) in [4.78, 5) is 27.4. The van der Waals surface area contributed by atoms with Gasteiger partial charge in [-0.2, -0.15) is 0 Å². The summed E-state index contributed by atoms with van der Waals surface area (Å²) in [6, 6.07) is 16.4. The SMILES string of the molecule is Cc1ccc(N(CCCC(=O)N(CCc2ccccc2)C(C)C(=O)NC(C)C)S(C)(=O)=O)cc1. The van der Waals surface area contributed by atoms with Crippen LogP contribution in [0.1, 0.15) is 44.7 Å². The van der Waals surface area contributed by atoms with Gasteiger partial charge in [-0.1, -0.05) is 48.0 Å². The molecule has 2 amide bonds. The van der Waals surface area contributed by atoms with Crippen molar-refractivity contribution in [2.75, 3.05) is 23.7 Å². The Kier molecular flexibility index (Phi) is 10.1. The summed E-state index contributed by atoms with van der Waals surface area (Å²) in [5, 5.41) is 2.88. The third kappa shape index (κ3) is 8.48. The van der Waals surface area contributed by atoms with Crippen LogP contribution >= 0.6 is 0 Å². The number of carbonyl (C=O) groups is 2. The zero-order chi connectivity index (χ0) is 25.3. The Labute approximate surface area is 204 Å². The monoisotopic (exact) mass is 487 g/mol. The van der Waals surface area contributed by atoms with Crippen LogP contribution in [0.15, 0.2) is 54.6 Å². The van der Waals surface area contributed by atoms with E-state index in [1.807, 2.05) is 63.2 Å². The first-order valence-corrected chi connectivity index (χ1v) is 13.5. The molecule has 0 aliphatic carbocycles. The van der Waals surface area contributed by atoms with Crippen molar-refractivity contribution >= 4 is 27.5 Å². The van der Waals surface area contributed by atoms with Gasteiger partial charge in [-0.25, -0.2) is 8.42 Å². The molecule has 7 nitrogen and oxygen atoms in total. The van der Waals surface area contributed by atoms with Crippen molar-refractivity contribution in [3.8, 4) is 0 Å². The van der Waals surface area contributed by atoms with Gasteiger partial charge in [0.1, 0.15) is 6.04 Å². The van der Waals surface area contributed by atoms with Gasteiger partial charge in [-0.05, 0) is 58.2 Å². The normalized spacial score (nSPS) is 12.3. The lowest BCUT2D eigenvalue weighted by molar-refractivity contribution is -0.140. The topological polar surface area (TPSA) is 86.8 Å². The van der Waals surface area contributed by atoms with E-state index in [1.165, 1.54) is 10.6 Å². The van der Waals surface area contributed by atoms with E-state index in [1.54, 1.807) is 24.0 Å². The van der Waals surface area contributed by atoms with Gasteiger partial charge >= 0.3 is 0 Å². The van der Waals surface area contributed by atoms with Crippen LogP contribution in [0.2, 0.25) is 0 Å². The van der Waals surface area contributed by atoms with Gasteiger partial charge in [0.2, 0.25) is 21.8 Å². The van der Waals surface area contributed by atoms with E-state index in [2.05, 4.69) is 5.32 Å². The third-order valence-corrected chi connectivity index (χ3v) is 6.75. The van der Waals surface area contributed by atoms with Crippen molar-refractivity contribution in [1.29, 1.82) is 0 Å². The van der Waals surface area contributed by atoms with Crippen molar-refractivity contribution in [3.63, 3.8) is 0 Å². The lowest BCUT2D eigenvalue weighted by Gasteiger charge is -2.30. The molecule has 0 aliphatic heterocycles. The maximum Gasteiger partial charge on any atom is 0.242 e. The van der Waals surface area contributed by atoms with E-state index in [0.717, 1.165) is 11.1 Å². The summed E-state index contributed by atoms with van der Waals surface area (Å²) >= 11 is 0. The van der Waals surface area contributed by atoms with E-state index in [-0.39, 0.29) is 30.8 Å². The molecule has 0 heterocycles. The fourth-order valence-electron chi connectivity index (χ4n) is 3.69. The van der Waals surface area contributed by atoms with Gasteiger partial charge in [-0.15, -0.1) is 0 Å². The Balaban J connectivity index is 2.09. The molecule has 1 N–H and O–H groups in total. The average Bonchev–Trinajstić information content (AvgIpc) is 2.77. The molecule has 0 spiro atoms. The van der Waals surface area contributed by atoms with E-state index >= 15 is 0 Å². The number of hydrogen-bond acceptors (Lipinski definition) is 4. The Morgan fingerprint density at radius 1 is 0.941 bits per heavy atom. The second-order valence-electron chi connectivity index (χ2n) is 8.94. The maximum atomic E-state index is 13.2. The number of nitrogens with one attached hydrogen (secondary N) is 1. The van der Waals surface area contributed by atoms with Crippen LogP contribution in [0, 0.1) is 6.92 Å².